The molecule has 3 rings (SSSR count). The Kier molecular flexibility index (Phi) is 5.05. The minimum absolute atomic E-state index is 0.179. The van der Waals surface area contributed by atoms with Crippen molar-refractivity contribution in [2.45, 2.75) is 20.4 Å². The number of hydrogen-bond donors (Lipinski definition) is 0. The van der Waals surface area contributed by atoms with Crippen molar-refractivity contribution in [1.82, 2.24) is 9.80 Å². The monoisotopic (exact) mass is 348 g/mol. The lowest BCUT2D eigenvalue weighted by molar-refractivity contribution is 0.0628. The molecule has 0 saturated carbocycles. The number of carbonyl (C=O) groups excluding carboxylic acids is 1. The summed E-state index contributed by atoms with van der Waals surface area (Å²) in [4.78, 5) is 18.2. The molecule has 0 bridgehead atoms. The van der Waals surface area contributed by atoms with Gasteiger partial charge in [0.2, 0.25) is 0 Å². The first-order valence-corrected chi connectivity index (χ1v) is 9.11. The Morgan fingerprint density at radius 2 is 1.78 bits per heavy atom. The van der Waals surface area contributed by atoms with E-state index in [1.165, 1.54) is 10.4 Å². The van der Waals surface area contributed by atoms with Crippen LogP contribution in [0.3, 0.4) is 0 Å². The highest BCUT2D eigenvalue weighted by atomic mass is 35.5. The normalized spacial score (nSPS) is 15.9. The maximum Gasteiger partial charge on any atom is 0.255 e. The van der Waals surface area contributed by atoms with Crippen LogP contribution in [0.1, 0.15) is 26.4 Å². The number of halogens is 1. The summed E-state index contributed by atoms with van der Waals surface area (Å²) >= 11 is 7.58. The fraction of sp³-hybridized carbons (Fsp3) is 0.389. The van der Waals surface area contributed by atoms with E-state index < -0.39 is 0 Å². The third-order valence-corrected chi connectivity index (χ3v) is 5.76. The van der Waals surface area contributed by atoms with Crippen LogP contribution in [0.4, 0.5) is 0 Å². The topological polar surface area (TPSA) is 23.6 Å². The van der Waals surface area contributed by atoms with E-state index in [0.29, 0.717) is 0 Å². The molecule has 122 valence electrons. The van der Waals surface area contributed by atoms with Gasteiger partial charge in [0.1, 0.15) is 0 Å². The average molecular weight is 349 g/mol. The third kappa shape index (κ3) is 3.77. The molecule has 1 fully saturated rings. The molecule has 0 atom stereocenters. The van der Waals surface area contributed by atoms with E-state index in [-0.39, 0.29) is 5.91 Å². The number of nitrogens with zero attached hydrogens (tertiary/aromatic N) is 2. The zero-order chi connectivity index (χ0) is 16.4. The Morgan fingerprint density at radius 3 is 2.35 bits per heavy atom. The number of hydrogen-bond acceptors (Lipinski definition) is 3. The highest BCUT2D eigenvalue weighted by Crippen LogP contribution is 2.22. The van der Waals surface area contributed by atoms with Gasteiger partial charge in [-0.2, -0.15) is 0 Å². The van der Waals surface area contributed by atoms with E-state index in [4.69, 9.17) is 11.6 Å². The molecule has 1 aromatic carbocycles. The number of thiophene rings is 1. The van der Waals surface area contributed by atoms with Gasteiger partial charge in [0.05, 0.1) is 5.56 Å². The number of rotatable bonds is 3. The molecule has 0 unspecified atom stereocenters. The lowest BCUT2D eigenvalue weighted by Crippen LogP contribution is -2.48. The van der Waals surface area contributed by atoms with Crippen molar-refractivity contribution in [2.75, 3.05) is 26.2 Å². The quantitative estimate of drug-likeness (QED) is 0.837. The number of benzene rings is 1. The summed E-state index contributed by atoms with van der Waals surface area (Å²) < 4.78 is 0. The second-order valence-electron chi connectivity index (χ2n) is 6.03. The Balaban J connectivity index is 1.57. The molecule has 23 heavy (non-hydrogen) atoms. The standard InChI is InChI=1S/C18H21ClN2OS/c1-13-14(2)23-12-17(13)18(22)21-9-7-20(8-10-21)11-15-3-5-16(19)6-4-15/h3-6,12H,7-11H2,1-2H3. The number of amides is 1. The molecule has 5 heteroatoms. The van der Waals surface area contributed by atoms with Crippen LogP contribution < -0.4 is 0 Å². The predicted octanol–water partition coefficient (Wildman–Crippen LogP) is 3.98. The minimum atomic E-state index is 0.179. The molecular weight excluding hydrogens is 328 g/mol. The van der Waals surface area contributed by atoms with E-state index in [2.05, 4.69) is 24.0 Å². The average Bonchev–Trinajstić information content (AvgIpc) is 2.89. The molecule has 0 N–H and O–H groups in total. The van der Waals surface area contributed by atoms with Crippen LogP contribution >= 0.6 is 22.9 Å². The van der Waals surface area contributed by atoms with E-state index in [9.17, 15) is 4.79 Å². The summed E-state index contributed by atoms with van der Waals surface area (Å²) in [5, 5.41) is 2.76. The van der Waals surface area contributed by atoms with Crippen molar-refractivity contribution in [3.05, 3.63) is 56.2 Å². The van der Waals surface area contributed by atoms with Gasteiger partial charge in [0, 0.05) is 48.0 Å². The van der Waals surface area contributed by atoms with Crippen molar-refractivity contribution in [2.24, 2.45) is 0 Å². The molecule has 2 heterocycles. The largest absolute Gasteiger partial charge is 0.336 e. The van der Waals surface area contributed by atoms with Crippen LogP contribution in [0.25, 0.3) is 0 Å². The summed E-state index contributed by atoms with van der Waals surface area (Å²) in [5.41, 5.74) is 3.26. The molecular formula is C18H21ClN2OS. The zero-order valence-electron chi connectivity index (χ0n) is 13.5. The van der Waals surface area contributed by atoms with Gasteiger partial charge in [0.25, 0.3) is 5.91 Å². The van der Waals surface area contributed by atoms with Gasteiger partial charge < -0.3 is 4.90 Å². The van der Waals surface area contributed by atoms with Crippen molar-refractivity contribution < 1.29 is 4.79 Å². The second-order valence-corrected chi connectivity index (χ2v) is 7.55. The summed E-state index contributed by atoms with van der Waals surface area (Å²) in [7, 11) is 0. The summed E-state index contributed by atoms with van der Waals surface area (Å²) in [6, 6.07) is 7.99. The molecule has 0 aliphatic carbocycles. The molecule has 0 spiro atoms. The van der Waals surface area contributed by atoms with Gasteiger partial charge in [-0.1, -0.05) is 23.7 Å². The maximum atomic E-state index is 12.6. The second kappa shape index (κ2) is 7.04. The van der Waals surface area contributed by atoms with E-state index in [0.717, 1.165) is 48.9 Å². The van der Waals surface area contributed by atoms with E-state index in [1.807, 2.05) is 29.3 Å². The van der Waals surface area contributed by atoms with Crippen LogP contribution in [0.5, 0.6) is 0 Å². The first kappa shape index (κ1) is 16.5. The lowest BCUT2D eigenvalue weighted by atomic mass is 10.1. The fourth-order valence-electron chi connectivity index (χ4n) is 2.85. The molecule has 0 radical (unpaired) electrons. The van der Waals surface area contributed by atoms with Gasteiger partial charge in [-0.05, 0) is 37.1 Å². The number of aryl methyl sites for hydroxylation is 1. The van der Waals surface area contributed by atoms with Crippen molar-refractivity contribution in [3.63, 3.8) is 0 Å². The molecule has 3 nitrogen and oxygen atoms in total. The highest BCUT2D eigenvalue weighted by molar-refractivity contribution is 7.10. The maximum absolute atomic E-state index is 12.6. The smallest absolute Gasteiger partial charge is 0.255 e. The van der Waals surface area contributed by atoms with Crippen LogP contribution in [-0.2, 0) is 6.54 Å². The van der Waals surface area contributed by atoms with Crippen molar-refractivity contribution in [3.8, 4) is 0 Å². The van der Waals surface area contributed by atoms with Crippen LogP contribution in [0.15, 0.2) is 29.6 Å². The Morgan fingerprint density at radius 1 is 1.13 bits per heavy atom. The van der Waals surface area contributed by atoms with E-state index in [1.54, 1.807) is 11.3 Å². The Bertz CT molecular complexity index is 688. The Hall–Kier alpha value is -1.36. The molecule has 1 amide bonds. The third-order valence-electron chi connectivity index (χ3n) is 4.50. The first-order chi connectivity index (χ1) is 11.0. The minimum Gasteiger partial charge on any atom is -0.336 e. The number of carbonyl (C=O) groups is 1. The Labute approximate surface area is 146 Å². The van der Waals surface area contributed by atoms with Crippen LogP contribution in [0, 0.1) is 13.8 Å². The predicted molar refractivity (Wildman–Crippen MR) is 96.4 cm³/mol. The van der Waals surface area contributed by atoms with Crippen molar-refractivity contribution >= 4 is 28.8 Å². The van der Waals surface area contributed by atoms with Crippen LogP contribution in [0.2, 0.25) is 5.02 Å². The molecule has 2 aromatic rings. The van der Waals surface area contributed by atoms with Gasteiger partial charge in [-0.15, -0.1) is 11.3 Å². The SMILES string of the molecule is Cc1scc(C(=O)N2CCN(Cc3ccc(Cl)cc3)CC2)c1C. The summed E-state index contributed by atoms with van der Waals surface area (Å²) in [6.07, 6.45) is 0. The highest BCUT2D eigenvalue weighted by Gasteiger charge is 2.24. The zero-order valence-corrected chi connectivity index (χ0v) is 15.1. The summed E-state index contributed by atoms with van der Waals surface area (Å²) in [6.45, 7) is 8.43. The first-order valence-electron chi connectivity index (χ1n) is 7.85. The van der Waals surface area contributed by atoms with E-state index >= 15 is 0 Å². The van der Waals surface area contributed by atoms with Crippen LogP contribution in [-0.4, -0.2) is 41.9 Å². The molecule has 1 aliphatic rings. The fourth-order valence-corrected chi connectivity index (χ4v) is 3.84. The van der Waals surface area contributed by atoms with Crippen molar-refractivity contribution in [1.29, 1.82) is 0 Å². The van der Waals surface area contributed by atoms with Gasteiger partial charge in [-0.3, -0.25) is 9.69 Å². The van der Waals surface area contributed by atoms with Gasteiger partial charge in [-0.25, -0.2) is 0 Å². The molecule has 1 aliphatic heterocycles. The lowest BCUT2D eigenvalue weighted by Gasteiger charge is -2.34. The number of piperazine rings is 1. The molecule has 1 aromatic heterocycles. The van der Waals surface area contributed by atoms with Gasteiger partial charge >= 0.3 is 0 Å². The molecule has 1 saturated heterocycles. The van der Waals surface area contributed by atoms with Gasteiger partial charge in [0.15, 0.2) is 0 Å². The summed E-state index contributed by atoms with van der Waals surface area (Å²) in [5.74, 6) is 0.179.